The van der Waals surface area contributed by atoms with Crippen molar-refractivity contribution < 1.29 is 9.47 Å². The Morgan fingerprint density at radius 1 is 0.850 bits per heavy atom. The zero-order valence-electron chi connectivity index (χ0n) is 11.5. The molecule has 0 unspecified atom stereocenters. The van der Waals surface area contributed by atoms with Crippen molar-refractivity contribution in [2.75, 3.05) is 13.2 Å². The first-order valence-corrected chi connectivity index (χ1v) is 7.65. The zero-order valence-corrected chi connectivity index (χ0v) is 11.5. The quantitative estimate of drug-likeness (QED) is 0.713. The van der Waals surface area contributed by atoms with Gasteiger partial charge in [0.05, 0.1) is 12.2 Å². The molecule has 2 fully saturated rings. The summed E-state index contributed by atoms with van der Waals surface area (Å²) in [6.45, 7) is 1.76. The number of rotatable bonds is 0. The normalized spacial score (nSPS) is 34.8. The van der Waals surface area contributed by atoms with E-state index in [2.05, 4.69) is 36.4 Å². The standard InChI is InChI=1S/C18H18O2/c1-4-12-5-2-7-14-15(12)13(6-1)16-18(8-3-10-19-16)9-11-20-17(14)18/h1-2,4-7,16-17H,3,8-11H2/t16-,17-,18+/m0/s1. The number of fused-ring (bicyclic) bond motifs is 2. The highest BCUT2D eigenvalue weighted by Crippen LogP contribution is 2.63. The summed E-state index contributed by atoms with van der Waals surface area (Å²) < 4.78 is 12.4. The molecular formula is C18H18O2. The smallest absolute Gasteiger partial charge is 0.0916 e. The third-order valence-corrected chi connectivity index (χ3v) is 5.50. The number of hydrogen-bond donors (Lipinski definition) is 0. The fourth-order valence-electron chi connectivity index (χ4n) is 4.72. The minimum absolute atomic E-state index is 0.181. The van der Waals surface area contributed by atoms with Gasteiger partial charge in [0, 0.05) is 18.6 Å². The zero-order chi connectivity index (χ0) is 13.2. The van der Waals surface area contributed by atoms with Crippen LogP contribution < -0.4 is 0 Å². The Bertz CT molecular complexity index is 688. The minimum Gasteiger partial charge on any atom is -0.373 e. The lowest BCUT2D eigenvalue weighted by molar-refractivity contribution is -0.121. The number of benzene rings is 2. The summed E-state index contributed by atoms with van der Waals surface area (Å²) in [6.07, 6.45) is 3.97. The first kappa shape index (κ1) is 11.3. The van der Waals surface area contributed by atoms with E-state index in [-0.39, 0.29) is 17.6 Å². The molecule has 0 saturated carbocycles. The summed E-state index contributed by atoms with van der Waals surface area (Å²) >= 11 is 0. The van der Waals surface area contributed by atoms with Crippen LogP contribution in [0.4, 0.5) is 0 Å². The predicted molar refractivity (Wildman–Crippen MR) is 77.6 cm³/mol. The van der Waals surface area contributed by atoms with Gasteiger partial charge in [-0.2, -0.15) is 0 Å². The third kappa shape index (κ3) is 1.22. The second-order valence-corrected chi connectivity index (χ2v) is 6.38. The van der Waals surface area contributed by atoms with Crippen molar-refractivity contribution >= 4 is 10.8 Å². The van der Waals surface area contributed by atoms with Gasteiger partial charge in [-0.05, 0) is 41.2 Å². The first-order valence-electron chi connectivity index (χ1n) is 7.65. The molecule has 2 aromatic carbocycles. The van der Waals surface area contributed by atoms with E-state index >= 15 is 0 Å². The molecule has 102 valence electrons. The van der Waals surface area contributed by atoms with Gasteiger partial charge in [-0.25, -0.2) is 0 Å². The Balaban J connectivity index is 1.88. The van der Waals surface area contributed by atoms with Crippen molar-refractivity contribution in [1.29, 1.82) is 0 Å². The third-order valence-electron chi connectivity index (χ3n) is 5.50. The van der Waals surface area contributed by atoms with E-state index in [4.69, 9.17) is 9.47 Å². The maximum absolute atomic E-state index is 6.25. The highest BCUT2D eigenvalue weighted by atomic mass is 16.5. The molecule has 5 rings (SSSR count). The summed E-state index contributed by atoms with van der Waals surface area (Å²) in [5.41, 5.74) is 2.96. The van der Waals surface area contributed by atoms with Crippen molar-refractivity contribution in [2.45, 2.75) is 31.5 Å². The molecule has 3 aliphatic rings. The first-order chi connectivity index (χ1) is 9.90. The molecule has 2 heterocycles. The summed E-state index contributed by atoms with van der Waals surface area (Å²) in [6, 6.07) is 13.3. The lowest BCUT2D eigenvalue weighted by Crippen LogP contribution is -2.40. The average Bonchev–Trinajstić information content (AvgIpc) is 2.92. The molecule has 0 radical (unpaired) electrons. The van der Waals surface area contributed by atoms with Crippen LogP contribution in [0.1, 0.15) is 42.6 Å². The second-order valence-electron chi connectivity index (χ2n) is 6.38. The van der Waals surface area contributed by atoms with Crippen LogP contribution in [0.3, 0.4) is 0 Å². The maximum atomic E-state index is 6.25. The SMILES string of the molecule is c1cc2c3c(cccc3c1)[C@@H]1OCC[C@@]13CCCO[C@@H]23. The Morgan fingerprint density at radius 2 is 1.55 bits per heavy atom. The molecule has 0 N–H and O–H groups in total. The molecule has 20 heavy (non-hydrogen) atoms. The van der Waals surface area contributed by atoms with E-state index in [1.165, 1.54) is 28.3 Å². The van der Waals surface area contributed by atoms with E-state index in [1.807, 2.05) is 0 Å². The van der Waals surface area contributed by atoms with Crippen LogP contribution >= 0.6 is 0 Å². The van der Waals surface area contributed by atoms with Gasteiger partial charge in [0.2, 0.25) is 0 Å². The summed E-state index contributed by atoms with van der Waals surface area (Å²) in [5, 5.41) is 2.70. The highest BCUT2D eigenvalue weighted by molar-refractivity contribution is 5.90. The Hall–Kier alpha value is -1.38. The fourth-order valence-corrected chi connectivity index (χ4v) is 4.72. The molecule has 2 saturated heterocycles. The molecule has 0 aromatic heterocycles. The van der Waals surface area contributed by atoms with E-state index in [0.717, 1.165) is 26.1 Å². The van der Waals surface area contributed by atoms with Crippen LogP contribution in [0.2, 0.25) is 0 Å². The lowest BCUT2D eigenvalue weighted by atomic mass is 9.63. The topological polar surface area (TPSA) is 18.5 Å². The Labute approximate surface area is 118 Å². The van der Waals surface area contributed by atoms with Crippen LogP contribution in [0, 0.1) is 5.41 Å². The van der Waals surface area contributed by atoms with Crippen molar-refractivity contribution in [2.24, 2.45) is 5.41 Å². The summed E-state index contributed by atoms with van der Waals surface area (Å²) in [7, 11) is 0. The van der Waals surface area contributed by atoms with Crippen LogP contribution in [0.25, 0.3) is 10.8 Å². The van der Waals surface area contributed by atoms with Crippen molar-refractivity contribution in [3.05, 3.63) is 47.5 Å². The lowest BCUT2D eigenvalue weighted by Gasteiger charge is -2.48. The van der Waals surface area contributed by atoms with E-state index in [9.17, 15) is 0 Å². The average molecular weight is 266 g/mol. The van der Waals surface area contributed by atoms with Crippen LogP contribution in [-0.2, 0) is 9.47 Å². The minimum atomic E-state index is 0.181. The van der Waals surface area contributed by atoms with Gasteiger partial charge < -0.3 is 9.47 Å². The molecule has 0 bridgehead atoms. The van der Waals surface area contributed by atoms with Crippen molar-refractivity contribution in [3.8, 4) is 0 Å². The molecule has 2 nitrogen and oxygen atoms in total. The van der Waals surface area contributed by atoms with Crippen LogP contribution in [0.15, 0.2) is 36.4 Å². The van der Waals surface area contributed by atoms with Gasteiger partial charge in [0.15, 0.2) is 0 Å². The van der Waals surface area contributed by atoms with Gasteiger partial charge in [-0.3, -0.25) is 0 Å². The van der Waals surface area contributed by atoms with Gasteiger partial charge in [-0.1, -0.05) is 36.4 Å². The van der Waals surface area contributed by atoms with Crippen molar-refractivity contribution in [1.82, 2.24) is 0 Å². The molecule has 2 heteroatoms. The molecule has 2 aromatic rings. The molecular weight excluding hydrogens is 248 g/mol. The Kier molecular flexibility index (Phi) is 2.17. The number of ether oxygens (including phenoxy) is 2. The molecule has 1 aliphatic carbocycles. The molecule has 3 atom stereocenters. The van der Waals surface area contributed by atoms with E-state index < -0.39 is 0 Å². The highest BCUT2D eigenvalue weighted by Gasteiger charge is 2.55. The van der Waals surface area contributed by atoms with Gasteiger partial charge in [0.1, 0.15) is 0 Å². The summed E-state index contributed by atoms with van der Waals surface area (Å²) in [5.74, 6) is 0. The largest absolute Gasteiger partial charge is 0.373 e. The maximum Gasteiger partial charge on any atom is 0.0916 e. The molecule has 2 aliphatic heterocycles. The van der Waals surface area contributed by atoms with Gasteiger partial charge in [-0.15, -0.1) is 0 Å². The molecule has 0 amide bonds. The Morgan fingerprint density at radius 3 is 2.30 bits per heavy atom. The van der Waals surface area contributed by atoms with Gasteiger partial charge in [0.25, 0.3) is 0 Å². The second kappa shape index (κ2) is 3.84. The number of hydrogen-bond acceptors (Lipinski definition) is 2. The monoisotopic (exact) mass is 266 g/mol. The van der Waals surface area contributed by atoms with Crippen LogP contribution in [-0.4, -0.2) is 13.2 Å². The van der Waals surface area contributed by atoms with Crippen LogP contribution in [0.5, 0.6) is 0 Å². The van der Waals surface area contributed by atoms with E-state index in [0.29, 0.717) is 0 Å². The molecule has 1 spiro atoms. The predicted octanol–water partition coefficient (Wildman–Crippen LogP) is 4.15. The summed E-state index contributed by atoms with van der Waals surface area (Å²) in [4.78, 5) is 0. The van der Waals surface area contributed by atoms with E-state index in [1.54, 1.807) is 0 Å². The van der Waals surface area contributed by atoms with Crippen molar-refractivity contribution in [3.63, 3.8) is 0 Å². The fraction of sp³-hybridized carbons (Fsp3) is 0.444. The van der Waals surface area contributed by atoms with Gasteiger partial charge >= 0.3 is 0 Å².